The third-order valence-electron chi connectivity index (χ3n) is 6.04. The van der Waals surface area contributed by atoms with Crippen LogP contribution in [0.25, 0.3) is 10.9 Å². The number of amides is 1. The van der Waals surface area contributed by atoms with E-state index in [0.717, 1.165) is 5.56 Å². The van der Waals surface area contributed by atoms with Crippen LogP contribution in [0.2, 0.25) is 0 Å². The molecule has 4 aromatic rings. The fraction of sp³-hybridized carbons (Fsp3) is 0.185. The smallest absolute Gasteiger partial charge is 0.328 e. The number of nitrogens with zero attached hydrogens (tertiary/aromatic N) is 3. The quantitative estimate of drug-likeness (QED) is 0.423. The first kappa shape index (κ1) is 23.0. The van der Waals surface area contributed by atoms with E-state index in [1.807, 2.05) is 30.3 Å². The molecule has 1 aliphatic rings. The van der Waals surface area contributed by atoms with Gasteiger partial charge in [-0.3, -0.25) is 24.5 Å². The number of Topliss-reactive ketones (excluding diaryl/α,β-unsaturated/α-hetero) is 1. The van der Waals surface area contributed by atoms with Crippen LogP contribution in [0.3, 0.4) is 0 Å². The molecule has 1 aliphatic heterocycles. The summed E-state index contributed by atoms with van der Waals surface area (Å²) >= 11 is 1.66. The maximum Gasteiger partial charge on any atom is 0.328 e. The number of hydrogen-bond acceptors (Lipinski definition) is 6. The van der Waals surface area contributed by atoms with Crippen LogP contribution in [-0.4, -0.2) is 57.9 Å². The van der Waals surface area contributed by atoms with Gasteiger partial charge in [0.25, 0.3) is 0 Å². The van der Waals surface area contributed by atoms with Gasteiger partial charge in [0, 0.05) is 60.5 Å². The Morgan fingerprint density at radius 1 is 1.03 bits per heavy atom. The molecule has 8 heteroatoms. The molecule has 35 heavy (non-hydrogen) atoms. The number of thioether (sulfide) groups is 1. The summed E-state index contributed by atoms with van der Waals surface area (Å²) in [5, 5.41) is 4.02. The van der Waals surface area contributed by atoms with E-state index >= 15 is 0 Å². The van der Waals surface area contributed by atoms with Crippen molar-refractivity contribution in [3.8, 4) is 0 Å². The van der Waals surface area contributed by atoms with Gasteiger partial charge >= 0.3 is 6.03 Å². The Kier molecular flexibility index (Phi) is 6.23. The standard InChI is InChI=1S/C27H24N4O3S/c1-30(2)27(34)31-15-21(25(33)22-16-35-26(29-22)19-9-6-12-28-14-19)20-11-10-18(13-23(20)31)24(32)17-7-4-3-5-8-17/h3-15,22,26,29H,16H2,1-2H3/t22-,26?/m0/s1. The van der Waals surface area contributed by atoms with Crippen molar-refractivity contribution in [3.63, 3.8) is 0 Å². The van der Waals surface area contributed by atoms with E-state index in [4.69, 9.17) is 0 Å². The number of hydrogen-bond donors (Lipinski definition) is 1. The molecule has 5 rings (SSSR count). The van der Waals surface area contributed by atoms with Crippen LogP contribution < -0.4 is 5.32 Å². The first-order chi connectivity index (χ1) is 16.9. The molecule has 1 fully saturated rings. The van der Waals surface area contributed by atoms with Crippen LogP contribution in [0.15, 0.2) is 79.3 Å². The van der Waals surface area contributed by atoms with Crippen molar-refractivity contribution in [2.45, 2.75) is 11.4 Å². The number of carbonyl (C=O) groups is 3. The fourth-order valence-corrected chi connectivity index (χ4v) is 5.45. The number of nitrogens with one attached hydrogen (secondary N) is 1. The zero-order valence-electron chi connectivity index (χ0n) is 19.3. The highest BCUT2D eigenvalue weighted by Crippen LogP contribution is 2.34. The number of benzene rings is 2. The Morgan fingerprint density at radius 3 is 2.54 bits per heavy atom. The molecular weight excluding hydrogens is 460 g/mol. The molecule has 1 unspecified atom stereocenters. The number of carbonyl (C=O) groups excluding carboxylic acids is 3. The predicted octanol–water partition coefficient (Wildman–Crippen LogP) is 4.38. The molecule has 7 nitrogen and oxygen atoms in total. The Bertz CT molecular complexity index is 1420. The van der Waals surface area contributed by atoms with Gasteiger partial charge in [-0.15, -0.1) is 11.8 Å². The van der Waals surface area contributed by atoms with E-state index in [-0.39, 0.29) is 23.0 Å². The summed E-state index contributed by atoms with van der Waals surface area (Å²) in [5.41, 5.74) is 3.03. The van der Waals surface area contributed by atoms with Crippen LogP contribution in [0.5, 0.6) is 0 Å². The summed E-state index contributed by atoms with van der Waals surface area (Å²) in [6, 6.07) is 17.3. The summed E-state index contributed by atoms with van der Waals surface area (Å²) in [6.07, 6.45) is 5.11. The molecule has 1 N–H and O–H groups in total. The molecular formula is C27H24N4O3S. The Balaban J connectivity index is 1.51. The first-order valence-electron chi connectivity index (χ1n) is 11.2. The summed E-state index contributed by atoms with van der Waals surface area (Å²) in [5.74, 6) is 0.386. The molecule has 1 amide bonds. The van der Waals surface area contributed by atoms with E-state index in [1.165, 1.54) is 9.47 Å². The van der Waals surface area contributed by atoms with E-state index in [9.17, 15) is 14.4 Å². The van der Waals surface area contributed by atoms with Gasteiger partial charge in [-0.25, -0.2) is 4.79 Å². The molecule has 3 heterocycles. The molecule has 0 spiro atoms. The largest absolute Gasteiger partial charge is 0.330 e. The SMILES string of the molecule is CN(C)C(=O)n1cc(C(=O)[C@@H]2CSC(c3cccnc3)N2)c2ccc(C(=O)c3ccccc3)cc21. The highest BCUT2D eigenvalue weighted by atomic mass is 32.2. The minimum atomic E-state index is -0.399. The van der Waals surface area contributed by atoms with Crippen molar-refractivity contribution in [1.82, 2.24) is 19.8 Å². The summed E-state index contributed by atoms with van der Waals surface area (Å²) in [7, 11) is 3.31. The fourth-order valence-electron chi connectivity index (χ4n) is 4.23. The molecule has 0 bridgehead atoms. The van der Waals surface area contributed by atoms with Crippen molar-refractivity contribution in [2.75, 3.05) is 19.8 Å². The number of pyridine rings is 1. The lowest BCUT2D eigenvalue weighted by Crippen LogP contribution is -2.34. The molecule has 2 atom stereocenters. The molecule has 0 aliphatic carbocycles. The zero-order chi connectivity index (χ0) is 24.5. The van der Waals surface area contributed by atoms with Crippen molar-refractivity contribution in [1.29, 1.82) is 0 Å². The first-order valence-corrected chi connectivity index (χ1v) is 12.3. The van der Waals surface area contributed by atoms with Crippen molar-refractivity contribution in [3.05, 3.63) is 102 Å². The normalized spacial score (nSPS) is 17.4. The lowest BCUT2D eigenvalue weighted by atomic mass is 9.99. The van der Waals surface area contributed by atoms with Gasteiger partial charge in [0.15, 0.2) is 11.6 Å². The van der Waals surface area contributed by atoms with Crippen LogP contribution in [-0.2, 0) is 0 Å². The van der Waals surface area contributed by atoms with Crippen LogP contribution in [0.4, 0.5) is 4.79 Å². The highest BCUT2D eigenvalue weighted by molar-refractivity contribution is 7.99. The number of ketones is 2. The van der Waals surface area contributed by atoms with Gasteiger partial charge in [-0.05, 0) is 17.7 Å². The minimum Gasteiger partial charge on any atom is -0.330 e. The monoisotopic (exact) mass is 484 g/mol. The zero-order valence-corrected chi connectivity index (χ0v) is 20.2. The van der Waals surface area contributed by atoms with Gasteiger partial charge in [0.05, 0.1) is 16.9 Å². The van der Waals surface area contributed by atoms with Crippen LogP contribution in [0.1, 0.15) is 37.2 Å². The Hall–Kier alpha value is -3.75. The molecule has 176 valence electrons. The average Bonchev–Trinajstić information content (AvgIpc) is 3.54. The topological polar surface area (TPSA) is 84.3 Å². The van der Waals surface area contributed by atoms with Gasteiger partial charge in [0.2, 0.25) is 0 Å². The van der Waals surface area contributed by atoms with Crippen molar-refractivity contribution < 1.29 is 14.4 Å². The average molecular weight is 485 g/mol. The van der Waals surface area contributed by atoms with Crippen molar-refractivity contribution in [2.24, 2.45) is 0 Å². The van der Waals surface area contributed by atoms with Gasteiger partial charge in [0.1, 0.15) is 0 Å². The predicted molar refractivity (Wildman–Crippen MR) is 137 cm³/mol. The second-order valence-electron chi connectivity index (χ2n) is 8.60. The Morgan fingerprint density at radius 2 is 1.83 bits per heavy atom. The third kappa shape index (κ3) is 4.38. The highest BCUT2D eigenvalue weighted by Gasteiger charge is 2.33. The maximum atomic E-state index is 13.6. The van der Waals surface area contributed by atoms with E-state index in [0.29, 0.717) is 33.3 Å². The lowest BCUT2D eigenvalue weighted by Gasteiger charge is -2.12. The number of aromatic nitrogens is 2. The van der Waals surface area contributed by atoms with Gasteiger partial charge in [-0.1, -0.05) is 48.5 Å². The van der Waals surface area contributed by atoms with E-state index < -0.39 is 6.04 Å². The number of rotatable bonds is 5. The summed E-state index contributed by atoms with van der Waals surface area (Å²) in [6.45, 7) is 0. The summed E-state index contributed by atoms with van der Waals surface area (Å²) in [4.78, 5) is 45.2. The number of fused-ring (bicyclic) bond motifs is 1. The third-order valence-corrected chi connectivity index (χ3v) is 7.31. The molecule has 1 saturated heterocycles. The van der Waals surface area contributed by atoms with Crippen LogP contribution in [0, 0.1) is 0 Å². The van der Waals surface area contributed by atoms with Crippen molar-refractivity contribution >= 4 is 40.3 Å². The maximum absolute atomic E-state index is 13.6. The molecule has 0 saturated carbocycles. The second kappa shape index (κ2) is 9.48. The van der Waals surface area contributed by atoms with Gasteiger partial charge in [-0.2, -0.15) is 0 Å². The molecule has 2 aromatic carbocycles. The second-order valence-corrected chi connectivity index (χ2v) is 9.74. The Labute approximate surface area is 207 Å². The molecule has 0 radical (unpaired) electrons. The lowest BCUT2D eigenvalue weighted by molar-refractivity contribution is 0.0956. The van der Waals surface area contributed by atoms with Crippen LogP contribution >= 0.6 is 11.8 Å². The van der Waals surface area contributed by atoms with E-state index in [2.05, 4.69) is 10.3 Å². The summed E-state index contributed by atoms with van der Waals surface area (Å²) < 4.78 is 1.45. The van der Waals surface area contributed by atoms with E-state index in [1.54, 1.807) is 74.8 Å². The molecule has 2 aromatic heterocycles. The minimum absolute atomic E-state index is 0.0236. The van der Waals surface area contributed by atoms with Gasteiger partial charge < -0.3 is 4.90 Å².